The first-order valence-electron chi connectivity index (χ1n) is 6.55. The number of halogens is 1. The molecule has 3 rings (SSSR count). The number of nitrogens with one attached hydrogen (secondary N) is 1. The fourth-order valence-corrected chi connectivity index (χ4v) is 4.30. The van der Waals surface area contributed by atoms with Crippen LogP contribution in [0.15, 0.2) is 18.2 Å². The number of thiazole rings is 1. The van der Waals surface area contributed by atoms with E-state index in [9.17, 15) is 0 Å². The molecule has 1 unspecified atom stereocenters. The first-order valence-corrected chi connectivity index (χ1v) is 7.74. The molecule has 0 bridgehead atoms. The molecule has 0 spiro atoms. The van der Waals surface area contributed by atoms with E-state index in [1.807, 2.05) is 18.2 Å². The van der Waals surface area contributed by atoms with Crippen molar-refractivity contribution in [3.63, 3.8) is 0 Å². The van der Waals surface area contributed by atoms with Crippen molar-refractivity contribution in [2.45, 2.75) is 38.1 Å². The molecule has 1 saturated heterocycles. The summed E-state index contributed by atoms with van der Waals surface area (Å²) in [5, 5.41) is 5.71. The topological polar surface area (TPSA) is 24.9 Å². The van der Waals surface area contributed by atoms with Crippen LogP contribution >= 0.6 is 22.9 Å². The fourth-order valence-electron chi connectivity index (χ4n) is 2.84. The Hall–Kier alpha value is -0.640. The molecular weight excluding hydrogens is 264 g/mol. The van der Waals surface area contributed by atoms with Crippen LogP contribution in [0, 0.1) is 0 Å². The van der Waals surface area contributed by atoms with E-state index in [2.05, 4.69) is 12.2 Å². The summed E-state index contributed by atoms with van der Waals surface area (Å²) >= 11 is 7.84. The third-order valence-electron chi connectivity index (χ3n) is 3.68. The number of rotatable bonds is 3. The zero-order chi connectivity index (χ0) is 12.6. The fraction of sp³-hybridized carbons (Fsp3) is 0.500. The highest BCUT2D eigenvalue weighted by Crippen LogP contribution is 2.39. The molecule has 0 amide bonds. The minimum Gasteiger partial charge on any atom is -0.305 e. The van der Waals surface area contributed by atoms with Crippen LogP contribution in [-0.2, 0) is 5.54 Å². The van der Waals surface area contributed by atoms with Gasteiger partial charge in [-0.2, -0.15) is 0 Å². The van der Waals surface area contributed by atoms with Gasteiger partial charge in [0.05, 0.1) is 15.8 Å². The number of aromatic nitrogens is 1. The highest BCUT2D eigenvalue weighted by atomic mass is 35.5. The van der Waals surface area contributed by atoms with Crippen LogP contribution in [0.5, 0.6) is 0 Å². The second-order valence-electron chi connectivity index (χ2n) is 4.99. The highest BCUT2D eigenvalue weighted by Gasteiger charge is 2.37. The Morgan fingerprint density at radius 2 is 2.39 bits per heavy atom. The SMILES string of the molecule is CCCC1(c2nc3ccc(Cl)cc3s2)CCCN1. The molecule has 1 atom stereocenters. The summed E-state index contributed by atoms with van der Waals surface area (Å²) in [6, 6.07) is 5.96. The molecule has 18 heavy (non-hydrogen) atoms. The lowest BCUT2D eigenvalue weighted by atomic mass is 9.93. The van der Waals surface area contributed by atoms with Gasteiger partial charge in [-0.25, -0.2) is 4.98 Å². The molecule has 1 N–H and O–H groups in total. The predicted molar refractivity (Wildman–Crippen MR) is 78.5 cm³/mol. The van der Waals surface area contributed by atoms with Gasteiger partial charge in [0.1, 0.15) is 5.01 Å². The monoisotopic (exact) mass is 280 g/mol. The summed E-state index contributed by atoms with van der Waals surface area (Å²) in [5.41, 5.74) is 1.19. The van der Waals surface area contributed by atoms with Crippen molar-refractivity contribution >= 4 is 33.2 Å². The summed E-state index contributed by atoms with van der Waals surface area (Å²) in [5.74, 6) is 0. The van der Waals surface area contributed by atoms with Crippen molar-refractivity contribution < 1.29 is 0 Å². The number of fused-ring (bicyclic) bond motifs is 1. The van der Waals surface area contributed by atoms with Gasteiger partial charge in [-0.05, 0) is 44.0 Å². The van der Waals surface area contributed by atoms with Gasteiger partial charge in [-0.1, -0.05) is 24.9 Å². The molecule has 1 aromatic carbocycles. The van der Waals surface area contributed by atoms with E-state index in [4.69, 9.17) is 16.6 Å². The Morgan fingerprint density at radius 3 is 3.11 bits per heavy atom. The first kappa shape index (κ1) is 12.4. The molecule has 0 radical (unpaired) electrons. The average Bonchev–Trinajstić information content (AvgIpc) is 2.95. The standard InChI is InChI=1S/C14H17ClN2S/c1-2-6-14(7-3-8-16-14)13-17-11-5-4-10(15)9-12(11)18-13/h4-5,9,16H,2-3,6-8H2,1H3. The third kappa shape index (κ3) is 2.04. The van der Waals surface area contributed by atoms with E-state index in [1.54, 1.807) is 11.3 Å². The number of hydrogen-bond acceptors (Lipinski definition) is 3. The lowest BCUT2D eigenvalue weighted by Gasteiger charge is -2.26. The van der Waals surface area contributed by atoms with Gasteiger partial charge in [0.2, 0.25) is 0 Å². The van der Waals surface area contributed by atoms with Crippen LogP contribution in [0.1, 0.15) is 37.6 Å². The minimum atomic E-state index is 0.116. The lowest BCUT2D eigenvalue weighted by molar-refractivity contribution is 0.355. The van der Waals surface area contributed by atoms with E-state index in [1.165, 1.54) is 35.4 Å². The molecule has 2 heterocycles. The zero-order valence-corrected chi connectivity index (χ0v) is 12.1. The molecule has 1 aliphatic heterocycles. The molecule has 1 aliphatic rings. The summed E-state index contributed by atoms with van der Waals surface area (Å²) in [6.07, 6.45) is 4.80. The van der Waals surface area contributed by atoms with Crippen molar-refractivity contribution in [3.8, 4) is 0 Å². The second kappa shape index (κ2) is 4.80. The van der Waals surface area contributed by atoms with Crippen LogP contribution in [0.3, 0.4) is 0 Å². The minimum absolute atomic E-state index is 0.116. The van der Waals surface area contributed by atoms with E-state index in [-0.39, 0.29) is 5.54 Å². The maximum atomic E-state index is 6.05. The van der Waals surface area contributed by atoms with Gasteiger partial charge < -0.3 is 5.32 Å². The van der Waals surface area contributed by atoms with E-state index in [0.29, 0.717) is 0 Å². The second-order valence-corrected chi connectivity index (χ2v) is 6.46. The van der Waals surface area contributed by atoms with E-state index in [0.717, 1.165) is 17.1 Å². The van der Waals surface area contributed by atoms with Crippen LogP contribution in [0.25, 0.3) is 10.2 Å². The van der Waals surface area contributed by atoms with Gasteiger partial charge in [0, 0.05) is 5.02 Å². The van der Waals surface area contributed by atoms with Crippen molar-refractivity contribution in [1.29, 1.82) is 0 Å². The van der Waals surface area contributed by atoms with E-state index < -0.39 is 0 Å². The van der Waals surface area contributed by atoms with Crippen molar-refractivity contribution in [2.24, 2.45) is 0 Å². The van der Waals surface area contributed by atoms with Crippen molar-refractivity contribution in [2.75, 3.05) is 6.54 Å². The van der Waals surface area contributed by atoms with Crippen LogP contribution < -0.4 is 5.32 Å². The average molecular weight is 281 g/mol. The molecule has 96 valence electrons. The Kier molecular flexibility index (Phi) is 3.31. The number of hydrogen-bond donors (Lipinski definition) is 1. The van der Waals surface area contributed by atoms with Gasteiger partial charge in [-0.15, -0.1) is 11.3 Å². The predicted octanol–water partition coefficient (Wildman–Crippen LogP) is 4.33. The maximum absolute atomic E-state index is 6.05. The summed E-state index contributed by atoms with van der Waals surface area (Å²) < 4.78 is 1.20. The Bertz CT molecular complexity index is 558. The van der Waals surface area contributed by atoms with E-state index >= 15 is 0 Å². The van der Waals surface area contributed by atoms with Gasteiger partial charge in [-0.3, -0.25) is 0 Å². The van der Waals surface area contributed by atoms with Crippen LogP contribution in [-0.4, -0.2) is 11.5 Å². The zero-order valence-electron chi connectivity index (χ0n) is 10.5. The molecule has 1 fully saturated rings. The van der Waals surface area contributed by atoms with Gasteiger partial charge >= 0.3 is 0 Å². The molecule has 0 saturated carbocycles. The Morgan fingerprint density at radius 1 is 1.50 bits per heavy atom. The molecule has 0 aliphatic carbocycles. The third-order valence-corrected chi connectivity index (χ3v) is 5.14. The smallest absolute Gasteiger partial charge is 0.114 e. The van der Waals surface area contributed by atoms with Crippen molar-refractivity contribution in [3.05, 3.63) is 28.2 Å². The number of benzene rings is 1. The Labute approximate surface area is 116 Å². The quantitative estimate of drug-likeness (QED) is 0.905. The molecule has 1 aromatic heterocycles. The molecule has 4 heteroatoms. The van der Waals surface area contributed by atoms with Crippen LogP contribution in [0.4, 0.5) is 0 Å². The summed E-state index contributed by atoms with van der Waals surface area (Å²) in [7, 11) is 0. The van der Waals surface area contributed by atoms with Gasteiger partial charge in [0.15, 0.2) is 0 Å². The molecule has 2 aromatic rings. The lowest BCUT2D eigenvalue weighted by Crippen LogP contribution is -2.36. The maximum Gasteiger partial charge on any atom is 0.114 e. The normalized spacial score (nSPS) is 23.9. The first-order chi connectivity index (χ1) is 8.73. The van der Waals surface area contributed by atoms with Crippen molar-refractivity contribution in [1.82, 2.24) is 10.3 Å². The highest BCUT2D eigenvalue weighted by molar-refractivity contribution is 7.18. The van der Waals surface area contributed by atoms with Crippen LogP contribution in [0.2, 0.25) is 5.02 Å². The summed E-state index contributed by atoms with van der Waals surface area (Å²) in [4.78, 5) is 4.82. The summed E-state index contributed by atoms with van der Waals surface area (Å²) in [6.45, 7) is 3.35. The Balaban J connectivity index is 2.06. The molecule has 2 nitrogen and oxygen atoms in total. The van der Waals surface area contributed by atoms with Gasteiger partial charge in [0.25, 0.3) is 0 Å². The largest absolute Gasteiger partial charge is 0.305 e. The molecular formula is C14H17ClN2S. The number of nitrogens with zero attached hydrogens (tertiary/aromatic N) is 1.